The molecule has 0 spiro atoms. The lowest BCUT2D eigenvalue weighted by Gasteiger charge is -2.48. The van der Waals surface area contributed by atoms with Crippen molar-refractivity contribution in [1.82, 2.24) is 10.2 Å². The van der Waals surface area contributed by atoms with E-state index in [1.807, 2.05) is 13.8 Å². The average molecular weight is 473 g/mol. The average Bonchev–Trinajstić information content (AvgIpc) is 2.71. The van der Waals surface area contributed by atoms with E-state index < -0.39 is 58.2 Å². The zero-order valence-corrected chi connectivity index (χ0v) is 22.1. The number of ether oxygens (including phenoxy) is 1. The Morgan fingerprint density at radius 1 is 1.00 bits per heavy atom. The van der Waals surface area contributed by atoms with Gasteiger partial charge >= 0.3 is 5.97 Å². The van der Waals surface area contributed by atoms with Gasteiger partial charge in [0.05, 0.1) is 6.04 Å². The largest absolute Gasteiger partial charge is 0.457 e. The quantitative estimate of drug-likeness (QED) is 0.287. The van der Waals surface area contributed by atoms with Crippen LogP contribution in [0.3, 0.4) is 0 Å². The summed E-state index contributed by atoms with van der Waals surface area (Å²) in [7, 11) is 2.81. The Hall–Kier alpha value is -1.84. The Labute approximate surface area is 198 Å². The number of rotatable bonds is 12. The fraction of sp³-hybridized carbons (Fsp3) is 0.833. The Bertz CT molecular complexity index is 727. The molecule has 0 aromatic rings. The highest BCUT2D eigenvalue weighted by Crippen LogP contribution is 2.36. The molecule has 0 heterocycles. The molecule has 0 saturated heterocycles. The molecule has 6 atom stereocenters. The van der Waals surface area contributed by atoms with Crippen LogP contribution in [0.15, 0.2) is 0 Å². The van der Waals surface area contributed by atoms with Crippen molar-refractivity contribution in [2.45, 2.75) is 104 Å². The molecule has 0 aliphatic heterocycles. The summed E-state index contributed by atoms with van der Waals surface area (Å²) in [6, 6.07) is -0.855. The van der Waals surface area contributed by atoms with Crippen molar-refractivity contribution in [3.63, 3.8) is 0 Å². The van der Waals surface area contributed by atoms with Gasteiger partial charge in [-0.25, -0.2) is 4.79 Å². The maximum absolute atomic E-state index is 14.1. The van der Waals surface area contributed by atoms with E-state index in [1.54, 1.807) is 41.7 Å². The number of aliphatic hydroxyl groups excluding tert-OH is 1. The van der Waals surface area contributed by atoms with Gasteiger partial charge in [0.2, 0.25) is 11.4 Å². The first kappa shape index (κ1) is 31.2. The molecular weight excluding hydrogens is 428 g/mol. The van der Waals surface area contributed by atoms with Crippen LogP contribution < -0.4 is 5.32 Å². The second-order valence-corrected chi connectivity index (χ2v) is 10.1. The van der Waals surface area contributed by atoms with Crippen LogP contribution in [0.1, 0.15) is 75.2 Å². The van der Waals surface area contributed by atoms with Crippen molar-refractivity contribution in [3.8, 4) is 0 Å². The predicted octanol–water partition coefficient (Wildman–Crippen LogP) is 1.48. The van der Waals surface area contributed by atoms with E-state index in [4.69, 9.17) is 4.74 Å². The molecule has 33 heavy (non-hydrogen) atoms. The van der Waals surface area contributed by atoms with Crippen LogP contribution in [-0.4, -0.2) is 81.5 Å². The standard InChI is InChI=1S/C24H44N2O7/c1-12-14(3)17(25-10)18(28)24(15(4)13-2,26(11)19(29)16(5)27)20(30)23(9,32)21(31)33-22(6,7)8/h14-17,25,27,32H,12-13H2,1-11H3/t14-,15-,16+,17-,23-,24+/m0/s1. The number of likely N-dealkylation sites (N-methyl/N-ethyl adjacent to an activating group) is 2. The van der Waals surface area contributed by atoms with Gasteiger partial charge in [-0.15, -0.1) is 0 Å². The van der Waals surface area contributed by atoms with E-state index in [9.17, 15) is 29.4 Å². The fourth-order valence-electron chi connectivity index (χ4n) is 3.96. The molecule has 0 aliphatic rings. The van der Waals surface area contributed by atoms with Crippen molar-refractivity contribution < 1.29 is 34.1 Å². The number of aliphatic hydroxyl groups is 2. The summed E-state index contributed by atoms with van der Waals surface area (Å²) in [6.45, 7) is 14.0. The third-order valence-corrected chi connectivity index (χ3v) is 6.31. The minimum atomic E-state index is -2.73. The number of Topliss-reactive ketones (excluding diaryl/α,β-unsaturated/α-hetero) is 2. The topological polar surface area (TPSA) is 133 Å². The Balaban J connectivity index is 7.20. The van der Waals surface area contributed by atoms with E-state index in [0.717, 1.165) is 11.8 Å². The highest BCUT2D eigenvalue weighted by atomic mass is 16.6. The molecule has 3 N–H and O–H groups in total. The first-order valence-corrected chi connectivity index (χ1v) is 11.6. The van der Waals surface area contributed by atoms with Gasteiger partial charge in [0, 0.05) is 7.05 Å². The molecule has 0 fully saturated rings. The molecule has 0 unspecified atom stereocenters. The van der Waals surface area contributed by atoms with Gasteiger partial charge in [0.25, 0.3) is 5.91 Å². The maximum atomic E-state index is 14.1. The molecular formula is C24H44N2O7. The van der Waals surface area contributed by atoms with E-state index >= 15 is 0 Å². The third-order valence-electron chi connectivity index (χ3n) is 6.31. The van der Waals surface area contributed by atoms with Crippen LogP contribution >= 0.6 is 0 Å². The number of nitrogens with zero attached hydrogens (tertiary/aromatic N) is 1. The second-order valence-electron chi connectivity index (χ2n) is 10.1. The normalized spacial score (nSPS) is 19.3. The number of carbonyl (C=O) groups excluding carboxylic acids is 4. The van der Waals surface area contributed by atoms with E-state index in [-0.39, 0.29) is 12.3 Å². The second kappa shape index (κ2) is 11.5. The van der Waals surface area contributed by atoms with Gasteiger partial charge in [-0.2, -0.15) is 0 Å². The molecule has 0 aliphatic carbocycles. The summed E-state index contributed by atoms with van der Waals surface area (Å²) < 4.78 is 5.27. The molecule has 9 heteroatoms. The van der Waals surface area contributed by atoms with E-state index in [0.29, 0.717) is 6.42 Å². The lowest BCUT2D eigenvalue weighted by molar-refractivity contribution is -0.186. The lowest BCUT2D eigenvalue weighted by atomic mass is 9.67. The highest BCUT2D eigenvalue weighted by molar-refractivity contribution is 6.24. The molecule has 0 radical (unpaired) electrons. The fourth-order valence-corrected chi connectivity index (χ4v) is 3.96. The van der Waals surface area contributed by atoms with Gasteiger partial charge < -0.3 is 25.2 Å². The Kier molecular flexibility index (Phi) is 10.9. The van der Waals surface area contributed by atoms with Crippen LogP contribution in [-0.2, 0) is 23.9 Å². The smallest absolute Gasteiger partial charge is 0.346 e. The third kappa shape index (κ3) is 6.39. The number of ketones is 2. The molecule has 0 bridgehead atoms. The van der Waals surface area contributed by atoms with Crippen molar-refractivity contribution >= 4 is 23.4 Å². The summed E-state index contributed by atoms with van der Waals surface area (Å²) >= 11 is 0. The highest BCUT2D eigenvalue weighted by Gasteiger charge is 2.63. The first-order chi connectivity index (χ1) is 14.9. The summed E-state index contributed by atoms with van der Waals surface area (Å²) in [5, 5.41) is 24.1. The van der Waals surface area contributed by atoms with Crippen LogP contribution in [0.4, 0.5) is 0 Å². The predicted molar refractivity (Wildman–Crippen MR) is 125 cm³/mol. The Morgan fingerprint density at radius 2 is 1.48 bits per heavy atom. The van der Waals surface area contributed by atoms with E-state index in [1.165, 1.54) is 14.0 Å². The van der Waals surface area contributed by atoms with Crippen molar-refractivity contribution in [2.24, 2.45) is 11.8 Å². The molecule has 0 aromatic heterocycles. The summed E-state index contributed by atoms with van der Waals surface area (Å²) in [5.74, 6) is -4.93. The van der Waals surface area contributed by atoms with Crippen molar-refractivity contribution in [1.29, 1.82) is 0 Å². The van der Waals surface area contributed by atoms with Crippen LogP contribution in [0.5, 0.6) is 0 Å². The zero-order valence-electron chi connectivity index (χ0n) is 22.1. The first-order valence-electron chi connectivity index (χ1n) is 11.6. The number of carbonyl (C=O) groups is 4. The summed E-state index contributed by atoms with van der Waals surface area (Å²) in [6.07, 6.45) is -0.642. The zero-order chi connectivity index (χ0) is 26.5. The molecule has 0 saturated carbocycles. The number of hydrogen-bond acceptors (Lipinski definition) is 8. The van der Waals surface area contributed by atoms with Gasteiger partial charge in [-0.1, -0.05) is 40.5 Å². The number of hydrogen-bond donors (Lipinski definition) is 3. The van der Waals surface area contributed by atoms with Crippen LogP contribution in [0, 0.1) is 11.8 Å². The number of nitrogens with one attached hydrogen (secondary N) is 1. The van der Waals surface area contributed by atoms with Crippen LogP contribution in [0.25, 0.3) is 0 Å². The number of esters is 1. The maximum Gasteiger partial charge on any atom is 0.346 e. The van der Waals surface area contributed by atoms with Crippen molar-refractivity contribution in [3.05, 3.63) is 0 Å². The minimum Gasteiger partial charge on any atom is -0.457 e. The van der Waals surface area contributed by atoms with Gasteiger partial charge in [-0.05, 0) is 53.5 Å². The molecule has 9 nitrogen and oxygen atoms in total. The van der Waals surface area contributed by atoms with Gasteiger partial charge in [-0.3, -0.25) is 14.4 Å². The SMILES string of the molecule is CC[C@H](C)[C@H](NC)C(=O)[C@@](C(=O)[C@](C)(O)C(=O)OC(C)(C)C)([C@@H](C)CC)N(C)C(=O)[C@@H](C)O. The van der Waals surface area contributed by atoms with Gasteiger partial charge in [0.1, 0.15) is 11.7 Å². The molecule has 1 amide bonds. The van der Waals surface area contributed by atoms with Crippen molar-refractivity contribution in [2.75, 3.05) is 14.1 Å². The minimum absolute atomic E-state index is 0.222. The van der Waals surface area contributed by atoms with Crippen LogP contribution in [0.2, 0.25) is 0 Å². The van der Waals surface area contributed by atoms with Gasteiger partial charge in [0.15, 0.2) is 11.3 Å². The van der Waals surface area contributed by atoms with E-state index in [2.05, 4.69) is 5.32 Å². The lowest BCUT2D eigenvalue weighted by Crippen LogP contribution is -2.74. The molecule has 0 aromatic carbocycles. The monoisotopic (exact) mass is 472 g/mol. The summed E-state index contributed by atoms with van der Waals surface area (Å²) in [4.78, 5) is 54.9. The molecule has 0 rings (SSSR count). The Morgan fingerprint density at radius 3 is 1.82 bits per heavy atom. The number of amides is 1. The summed E-state index contributed by atoms with van der Waals surface area (Å²) in [5.41, 5.74) is -5.97. The molecule has 192 valence electrons.